The molecule has 0 aliphatic heterocycles. The molecule has 0 N–H and O–H groups in total. The van der Waals surface area contributed by atoms with E-state index in [0.717, 1.165) is 26.1 Å². The van der Waals surface area contributed by atoms with Crippen molar-refractivity contribution >= 4 is 0 Å². The van der Waals surface area contributed by atoms with Crippen LogP contribution in [0, 0.1) is 28.6 Å². The molecule has 2 heteroatoms. The second kappa shape index (κ2) is 6.91. The van der Waals surface area contributed by atoms with E-state index in [1.807, 2.05) is 13.8 Å². The van der Waals surface area contributed by atoms with E-state index >= 15 is 0 Å². The summed E-state index contributed by atoms with van der Waals surface area (Å²) in [5.74, 6) is 1.40. The van der Waals surface area contributed by atoms with Gasteiger partial charge in [0, 0.05) is 13.1 Å². The van der Waals surface area contributed by atoms with Crippen molar-refractivity contribution in [3.63, 3.8) is 0 Å². The summed E-state index contributed by atoms with van der Waals surface area (Å²) in [6.07, 6.45) is 0.961. The molecule has 0 aliphatic carbocycles. The molecule has 0 saturated carbocycles. The number of hydrogen-bond acceptors (Lipinski definition) is 2. The molecule has 0 unspecified atom stereocenters. The molecule has 16 heavy (non-hydrogen) atoms. The van der Waals surface area contributed by atoms with E-state index in [9.17, 15) is 0 Å². The van der Waals surface area contributed by atoms with Gasteiger partial charge in [-0.05, 0) is 38.6 Å². The molecule has 0 radical (unpaired) electrons. The van der Waals surface area contributed by atoms with Crippen LogP contribution in [0.25, 0.3) is 0 Å². The Balaban J connectivity index is 4.17. The largest absolute Gasteiger partial charge is 0.303 e. The van der Waals surface area contributed by atoms with Crippen LogP contribution in [-0.2, 0) is 0 Å². The number of nitriles is 1. The lowest BCUT2D eigenvalue weighted by Crippen LogP contribution is -2.34. The molecule has 0 saturated heterocycles. The first-order valence-electron chi connectivity index (χ1n) is 6.40. The van der Waals surface area contributed by atoms with E-state index in [0.29, 0.717) is 11.8 Å². The van der Waals surface area contributed by atoms with Crippen LogP contribution in [-0.4, -0.2) is 24.5 Å². The maximum atomic E-state index is 9.00. The van der Waals surface area contributed by atoms with Crippen LogP contribution in [0.2, 0.25) is 0 Å². The third-order valence-electron chi connectivity index (χ3n) is 2.60. The number of nitrogens with zero attached hydrogens (tertiary/aromatic N) is 2. The predicted octanol–water partition coefficient (Wildman–Crippen LogP) is 3.54. The smallest absolute Gasteiger partial charge is 0.0684 e. The second-order valence-corrected chi connectivity index (χ2v) is 6.29. The Kier molecular flexibility index (Phi) is 6.67. The normalized spacial score (nSPS) is 12.5. The van der Waals surface area contributed by atoms with Crippen molar-refractivity contribution in [3.8, 4) is 6.07 Å². The number of rotatable bonds is 7. The lowest BCUT2D eigenvalue weighted by Gasteiger charge is -2.28. The standard InChI is InChI=1S/C14H28N2/c1-12(2)9-16(10-13(3)4)8-7-14(5,6)11-15/h12-13H,7-10H2,1-6H3. The third kappa shape index (κ3) is 7.70. The molecule has 94 valence electrons. The SMILES string of the molecule is CC(C)CN(CCC(C)(C)C#N)CC(C)C. The van der Waals surface area contributed by atoms with Gasteiger partial charge in [-0.1, -0.05) is 27.7 Å². The zero-order valence-corrected chi connectivity index (χ0v) is 11.9. The Morgan fingerprint density at radius 1 is 1.06 bits per heavy atom. The van der Waals surface area contributed by atoms with E-state index in [1.165, 1.54) is 0 Å². The van der Waals surface area contributed by atoms with Gasteiger partial charge in [0.25, 0.3) is 0 Å². The van der Waals surface area contributed by atoms with E-state index in [2.05, 4.69) is 38.7 Å². The van der Waals surface area contributed by atoms with Crippen LogP contribution in [0.15, 0.2) is 0 Å². The topological polar surface area (TPSA) is 27.0 Å². The van der Waals surface area contributed by atoms with Gasteiger partial charge in [0.1, 0.15) is 0 Å². The molecular formula is C14H28N2. The average molecular weight is 224 g/mol. The molecule has 0 spiro atoms. The van der Waals surface area contributed by atoms with Crippen molar-refractivity contribution in [2.45, 2.75) is 48.0 Å². The molecule has 0 aromatic heterocycles. The first-order chi connectivity index (χ1) is 7.26. The summed E-state index contributed by atoms with van der Waals surface area (Å²) in [5, 5.41) is 9.00. The van der Waals surface area contributed by atoms with Gasteiger partial charge in [-0.25, -0.2) is 0 Å². The van der Waals surface area contributed by atoms with Crippen molar-refractivity contribution in [3.05, 3.63) is 0 Å². The summed E-state index contributed by atoms with van der Waals surface area (Å²) in [4.78, 5) is 2.49. The number of hydrogen-bond donors (Lipinski definition) is 0. The van der Waals surface area contributed by atoms with Gasteiger partial charge in [-0.3, -0.25) is 0 Å². The van der Waals surface area contributed by atoms with E-state index in [4.69, 9.17) is 5.26 Å². The lowest BCUT2D eigenvalue weighted by atomic mass is 9.91. The molecule has 0 aliphatic rings. The summed E-state index contributed by atoms with van der Waals surface area (Å²) in [7, 11) is 0. The molecule has 0 aromatic carbocycles. The third-order valence-corrected chi connectivity index (χ3v) is 2.60. The minimum Gasteiger partial charge on any atom is -0.303 e. The molecule has 0 atom stereocenters. The van der Waals surface area contributed by atoms with Gasteiger partial charge in [-0.15, -0.1) is 0 Å². The quantitative estimate of drug-likeness (QED) is 0.661. The Morgan fingerprint density at radius 3 is 1.81 bits per heavy atom. The molecule has 0 aromatic rings. The minimum absolute atomic E-state index is 0.188. The first-order valence-corrected chi connectivity index (χ1v) is 6.40. The summed E-state index contributed by atoms with van der Waals surface area (Å²) >= 11 is 0. The fourth-order valence-electron chi connectivity index (χ4n) is 1.78. The highest BCUT2D eigenvalue weighted by Gasteiger charge is 2.19. The van der Waals surface area contributed by atoms with E-state index in [-0.39, 0.29) is 5.41 Å². The van der Waals surface area contributed by atoms with Crippen molar-refractivity contribution in [1.29, 1.82) is 5.26 Å². The predicted molar refractivity (Wildman–Crippen MR) is 70.1 cm³/mol. The highest BCUT2D eigenvalue weighted by molar-refractivity contribution is 4.92. The molecule has 0 fully saturated rings. The minimum atomic E-state index is -0.188. The summed E-state index contributed by atoms with van der Waals surface area (Å²) < 4.78 is 0. The van der Waals surface area contributed by atoms with Gasteiger partial charge in [-0.2, -0.15) is 5.26 Å². The fourth-order valence-corrected chi connectivity index (χ4v) is 1.78. The summed E-state index contributed by atoms with van der Waals surface area (Å²) in [6.45, 7) is 16.4. The molecule has 2 nitrogen and oxygen atoms in total. The molecule has 0 rings (SSSR count). The first kappa shape index (κ1) is 15.4. The molecular weight excluding hydrogens is 196 g/mol. The molecule has 0 heterocycles. The average Bonchev–Trinajstić information content (AvgIpc) is 2.13. The van der Waals surface area contributed by atoms with Gasteiger partial charge in [0.15, 0.2) is 0 Å². The second-order valence-electron chi connectivity index (χ2n) is 6.29. The van der Waals surface area contributed by atoms with Crippen molar-refractivity contribution < 1.29 is 0 Å². The maximum absolute atomic E-state index is 9.00. The fraction of sp³-hybridized carbons (Fsp3) is 0.929. The highest BCUT2D eigenvalue weighted by atomic mass is 15.1. The lowest BCUT2D eigenvalue weighted by molar-refractivity contribution is 0.198. The zero-order chi connectivity index (χ0) is 12.8. The van der Waals surface area contributed by atoms with Gasteiger partial charge in [0.2, 0.25) is 0 Å². The van der Waals surface area contributed by atoms with Crippen LogP contribution in [0.5, 0.6) is 0 Å². The Bertz CT molecular complexity index is 213. The zero-order valence-electron chi connectivity index (χ0n) is 11.9. The van der Waals surface area contributed by atoms with Crippen LogP contribution < -0.4 is 0 Å². The van der Waals surface area contributed by atoms with Gasteiger partial charge >= 0.3 is 0 Å². The van der Waals surface area contributed by atoms with Gasteiger partial charge < -0.3 is 4.90 Å². The van der Waals surface area contributed by atoms with Crippen LogP contribution in [0.4, 0.5) is 0 Å². The summed E-state index contributed by atoms with van der Waals surface area (Å²) in [5.41, 5.74) is -0.188. The van der Waals surface area contributed by atoms with Crippen molar-refractivity contribution in [1.82, 2.24) is 4.90 Å². The molecule has 0 bridgehead atoms. The van der Waals surface area contributed by atoms with E-state index < -0.39 is 0 Å². The van der Waals surface area contributed by atoms with Crippen molar-refractivity contribution in [2.24, 2.45) is 17.3 Å². The monoisotopic (exact) mass is 224 g/mol. The van der Waals surface area contributed by atoms with Crippen molar-refractivity contribution in [2.75, 3.05) is 19.6 Å². The van der Waals surface area contributed by atoms with Crippen LogP contribution >= 0.6 is 0 Å². The molecule has 0 amide bonds. The summed E-state index contributed by atoms with van der Waals surface area (Å²) in [6, 6.07) is 2.38. The van der Waals surface area contributed by atoms with Crippen LogP contribution in [0.3, 0.4) is 0 Å². The highest BCUT2D eigenvalue weighted by Crippen LogP contribution is 2.19. The van der Waals surface area contributed by atoms with E-state index in [1.54, 1.807) is 0 Å². The van der Waals surface area contributed by atoms with Crippen LogP contribution in [0.1, 0.15) is 48.0 Å². The maximum Gasteiger partial charge on any atom is 0.0684 e. The Labute approximate surface area is 102 Å². The Morgan fingerprint density at radius 2 is 1.50 bits per heavy atom. The van der Waals surface area contributed by atoms with Gasteiger partial charge in [0.05, 0.1) is 11.5 Å². The Hall–Kier alpha value is -0.550.